The molecule has 2 aliphatic heterocycles. The van der Waals surface area contributed by atoms with E-state index in [0.29, 0.717) is 49.7 Å². The van der Waals surface area contributed by atoms with Crippen molar-refractivity contribution in [3.8, 4) is 5.75 Å². The minimum absolute atomic E-state index is 0.0456. The maximum absolute atomic E-state index is 12.5. The first-order chi connectivity index (χ1) is 12.2. The summed E-state index contributed by atoms with van der Waals surface area (Å²) >= 11 is 0. The quantitative estimate of drug-likeness (QED) is 0.849. The van der Waals surface area contributed by atoms with Gasteiger partial charge in [-0.3, -0.25) is 4.79 Å². The van der Waals surface area contributed by atoms with Crippen LogP contribution in [0.2, 0.25) is 0 Å². The molecule has 0 bridgehead atoms. The Kier molecular flexibility index (Phi) is 4.40. The number of fused-ring (bicyclic) bond motifs is 1. The highest BCUT2D eigenvalue weighted by Gasteiger charge is 2.43. The second-order valence-electron chi connectivity index (χ2n) is 7.65. The molecule has 1 saturated carbocycles. The number of Topliss-reactive ketones (excluding diaryl/α,β-unsaturated/α-hetero) is 1. The van der Waals surface area contributed by atoms with E-state index in [9.17, 15) is 9.59 Å². The molecule has 2 amide bonds. The highest BCUT2D eigenvalue weighted by molar-refractivity contribution is 6.00. The molecule has 2 heterocycles. The Labute approximate surface area is 148 Å². The van der Waals surface area contributed by atoms with E-state index < -0.39 is 5.60 Å². The largest absolute Gasteiger partial charge is 0.486 e. The van der Waals surface area contributed by atoms with Crippen LogP contribution in [-0.2, 0) is 0 Å². The molecule has 3 aliphatic rings. The van der Waals surface area contributed by atoms with Gasteiger partial charge in [0.1, 0.15) is 11.4 Å². The number of ketones is 1. The lowest BCUT2D eigenvalue weighted by Crippen LogP contribution is -2.55. The van der Waals surface area contributed by atoms with Gasteiger partial charge in [-0.2, -0.15) is 0 Å². The molecule has 0 aromatic heterocycles. The lowest BCUT2D eigenvalue weighted by atomic mass is 9.82. The van der Waals surface area contributed by atoms with Crippen molar-refractivity contribution >= 4 is 11.8 Å². The van der Waals surface area contributed by atoms with E-state index in [1.165, 1.54) is 19.3 Å². The normalized spacial score (nSPS) is 23.0. The lowest BCUT2D eigenvalue weighted by molar-refractivity contribution is -0.000944. The monoisotopic (exact) mass is 342 g/mol. The van der Waals surface area contributed by atoms with Gasteiger partial charge < -0.3 is 15.0 Å². The number of urea groups is 1. The number of nitrogens with zero attached hydrogens (tertiary/aromatic N) is 1. The van der Waals surface area contributed by atoms with Gasteiger partial charge in [0, 0.05) is 32.0 Å². The number of amides is 2. The molecule has 0 radical (unpaired) electrons. The molecule has 5 heteroatoms. The van der Waals surface area contributed by atoms with Gasteiger partial charge in [-0.25, -0.2) is 4.79 Å². The van der Waals surface area contributed by atoms with Crippen LogP contribution in [0, 0.1) is 0 Å². The van der Waals surface area contributed by atoms with Crippen LogP contribution in [0.15, 0.2) is 24.3 Å². The Morgan fingerprint density at radius 1 is 1.12 bits per heavy atom. The molecule has 0 atom stereocenters. The summed E-state index contributed by atoms with van der Waals surface area (Å²) in [5.74, 6) is 0.848. The number of carbonyl (C=O) groups is 2. The van der Waals surface area contributed by atoms with Gasteiger partial charge in [0.05, 0.1) is 12.0 Å². The fourth-order valence-corrected chi connectivity index (χ4v) is 4.35. The summed E-state index contributed by atoms with van der Waals surface area (Å²) < 4.78 is 6.23. The highest BCUT2D eigenvalue weighted by atomic mass is 16.5. The van der Waals surface area contributed by atoms with E-state index in [2.05, 4.69) is 5.32 Å². The van der Waals surface area contributed by atoms with Crippen LogP contribution in [0.5, 0.6) is 5.75 Å². The topological polar surface area (TPSA) is 58.6 Å². The van der Waals surface area contributed by atoms with Crippen molar-refractivity contribution in [3.63, 3.8) is 0 Å². The predicted molar refractivity (Wildman–Crippen MR) is 95.0 cm³/mol. The average molecular weight is 342 g/mol. The summed E-state index contributed by atoms with van der Waals surface area (Å²) in [4.78, 5) is 26.9. The fraction of sp³-hybridized carbons (Fsp3) is 0.600. The van der Waals surface area contributed by atoms with Gasteiger partial charge in [-0.05, 0) is 25.0 Å². The molecule has 1 saturated heterocycles. The van der Waals surface area contributed by atoms with E-state index in [-0.39, 0.29) is 11.8 Å². The molecule has 2 fully saturated rings. The van der Waals surface area contributed by atoms with Gasteiger partial charge >= 0.3 is 6.03 Å². The smallest absolute Gasteiger partial charge is 0.317 e. The molecule has 1 N–H and O–H groups in total. The number of para-hydroxylation sites is 1. The standard InChI is InChI=1S/C20H26N2O3/c23-17-14-20(25-18-9-5-4-8-16(17)18)10-12-22(13-11-20)19(24)21-15-6-2-1-3-7-15/h4-5,8-9,15H,1-3,6-7,10-14H2,(H,21,24). The Hall–Kier alpha value is -2.04. The van der Waals surface area contributed by atoms with Gasteiger partial charge in [0.2, 0.25) is 0 Å². The van der Waals surface area contributed by atoms with Gasteiger partial charge in [-0.15, -0.1) is 0 Å². The number of carbonyl (C=O) groups excluding carboxylic acids is 2. The van der Waals surface area contributed by atoms with Gasteiger partial charge in [0.25, 0.3) is 0 Å². The maximum atomic E-state index is 12.5. The van der Waals surface area contributed by atoms with Crippen LogP contribution < -0.4 is 10.1 Å². The zero-order valence-corrected chi connectivity index (χ0v) is 14.6. The van der Waals surface area contributed by atoms with E-state index in [4.69, 9.17) is 4.74 Å². The number of benzene rings is 1. The number of likely N-dealkylation sites (tertiary alicyclic amines) is 1. The first-order valence-electron chi connectivity index (χ1n) is 9.52. The average Bonchev–Trinajstić information content (AvgIpc) is 2.63. The number of piperidine rings is 1. The Morgan fingerprint density at radius 2 is 1.84 bits per heavy atom. The highest BCUT2D eigenvalue weighted by Crippen LogP contribution is 2.39. The van der Waals surface area contributed by atoms with Gasteiger partial charge in [-0.1, -0.05) is 31.4 Å². The molecule has 1 aromatic rings. The second kappa shape index (κ2) is 6.70. The zero-order valence-electron chi connectivity index (χ0n) is 14.6. The summed E-state index contributed by atoms with van der Waals surface area (Å²) in [6, 6.07) is 7.85. The number of rotatable bonds is 1. The molecular formula is C20H26N2O3. The molecule has 0 unspecified atom stereocenters. The minimum Gasteiger partial charge on any atom is -0.486 e. The number of nitrogens with one attached hydrogen (secondary N) is 1. The SMILES string of the molecule is O=C1CC2(CCN(C(=O)NC3CCCCC3)CC2)Oc2ccccc21. The molecule has 1 spiro atoms. The number of ether oxygens (including phenoxy) is 1. The third kappa shape index (κ3) is 3.37. The van der Waals surface area contributed by atoms with E-state index in [1.807, 2.05) is 29.2 Å². The second-order valence-corrected chi connectivity index (χ2v) is 7.65. The Bertz CT molecular complexity index is 659. The van der Waals surface area contributed by atoms with Crippen LogP contribution >= 0.6 is 0 Å². The van der Waals surface area contributed by atoms with Gasteiger partial charge in [0.15, 0.2) is 5.78 Å². The summed E-state index contributed by atoms with van der Waals surface area (Å²) in [6.07, 6.45) is 7.74. The van der Waals surface area contributed by atoms with Crippen LogP contribution in [0.4, 0.5) is 4.79 Å². The van der Waals surface area contributed by atoms with Crippen LogP contribution in [0.3, 0.4) is 0 Å². The first kappa shape index (κ1) is 16.4. The van der Waals surface area contributed by atoms with E-state index in [1.54, 1.807) is 0 Å². The first-order valence-corrected chi connectivity index (χ1v) is 9.52. The van der Waals surface area contributed by atoms with Crippen molar-refractivity contribution in [1.29, 1.82) is 0 Å². The van der Waals surface area contributed by atoms with Crippen LogP contribution in [0.25, 0.3) is 0 Å². The van der Waals surface area contributed by atoms with Crippen molar-refractivity contribution < 1.29 is 14.3 Å². The number of hydrogen-bond donors (Lipinski definition) is 1. The molecule has 1 aliphatic carbocycles. The third-order valence-electron chi connectivity index (χ3n) is 5.89. The van der Waals surface area contributed by atoms with Crippen molar-refractivity contribution in [1.82, 2.24) is 10.2 Å². The Balaban J connectivity index is 1.37. The lowest BCUT2D eigenvalue weighted by Gasteiger charge is -2.44. The van der Waals surface area contributed by atoms with Crippen molar-refractivity contribution in [2.24, 2.45) is 0 Å². The molecule has 25 heavy (non-hydrogen) atoms. The van der Waals surface area contributed by atoms with Crippen LogP contribution in [0.1, 0.15) is 61.7 Å². The summed E-state index contributed by atoms with van der Waals surface area (Å²) in [5, 5.41) is 3.18. The minimum atomic E-state index is -0.437. The fourth-order valence-electron chi connectivity index (χ4n) is 4.35. The summed E-state index contributed by atoms with van der Waals surface area (Å²) in [5.41, 5.74) is 0.248. The Morgan fingerprint density at radius 3 is 2.60 bits per heavy atom. The molecule has 5 nitrogen and oxygen atoms in total. The zero-order chi connectivity index (χ0) is 17.3. The predicted octanol–water partition coefficient (Wildman–Crippen LogP) is 3.53. The molecular weight excluding hydrogens is 316 g/mol. The molecule has 134 valence electrons. The van der Waals surface area contributed by atoms with Crippen molar-refractivity contribution in [3.05, 3.63) is 29.8 Å². The van der Waals surface area contributed by atoms with E-state index >= 15 is 0 Å². The maximum Gasteiger partial charge on any atom is 0.317 e. The van der Waals surface area contributed by atoms with Crippen molar-refractivity contribution in [2.75, 3.05) is 13.1 Å². The third-order valence-corrected chi connectivity index (χ3v) is 5.89. The summed E-state index contributed by atoms with van der Waals surface area (Å²) in [6.45, 7) is 1.29. The summed E-state index contributed by atoms with van der Waals surface area (Å²) in [7, 11) is 0. The molecule has 1 aromatic carbocycles. The van der Waals surface area contributed by atoms with Crippen molar-refractivity contribution in [2.45, 2.75) is 63.0 Å². The number of hydrogen-bond acceptors (Lipinski definition) is 3. The molecule has 4 rings (SSSR count). The van der Waals surface area contributed by atoms with Crippen LogP contribution in [-0.4, -0.2) is 41.4 Å². The van der Waals surface area contributed by atoms with E-state index in [0.717, 1.165) is 12.8 Å².